The van der Waals surface area contributed by atoms with Gasteiger partial charge in [0.1, 0.15) is 0 Å². The number of carbonyl (C=O) groups excluding carboxylic acids is 1. The number of aryl methyl sites for hydroxylation is 1. The van der Waals surface area contributed by atoms with Crippen molar-refractivity contribution in [1.29, 1.82) is 0 Å². The molecule has 1 unspecified atom stereocenters. The Kier molecular flexibility index (Phi) is 4.90. The van der Waals surface area contributed by atoms with Gasteiger partial charge < -0.3 is 10.4 Å². The zero-order valence-corrected chi connectivity index (χ0v) is 11.7. The second kappa shape index (κ2) is 6.00. The average molecular weight is 253 g/mol. The van der Waals surface area contributed by atoms with E-state index in [0.717, 1.165) is 11.4 Å². The highest BCUT2D eigenvalue weighted by Crippen LogP contribution is 2.19. The monoisotopic (exact) mass is 253 g/mol. The van der Waals surface area contributed by atoms with E-state index in [-0.39, 0.29) is 24.3 Å². The zero-order valence-electron chi connectivity index (χ0n) is 11.7. The van der Waals surface area contributed by atoms with Crippen LogP contribution < -0.4 is 5.32 Å². The SMILES string of the molecule is Cc1[nH]nc(C(C)C)c1C(=O)NCC(O)C(C)C. The van der Waals surface area contributed by atoms with Crippen LogP contribution in [0.2, 0.25) is 0 Å². The molecule has 0 aliphatic carbocycles. The van der Waals surface area contributed by atoms with Crippen LogP contribution in [0.4, 0.5) is 0 Å². The van der Waals surface area contributed by atoms with Crippen molar-refractivity contribution in [2.75, 3.05) is 6.54 Å². The first-order valence-electron chi connectivity index (χ1n) is 6.35. The van der Waals surface area contributed by atoms with Crippen molar-refractivity contribution in [2.45, 2.75) is 46.6 Å². The number of hydrogen-bond acceptors (Lipinski definition) is 3. The van der Waals surface area contributed by atoms with Crippen molar-refractivity contribution in [1.82, 2.24) is 15.5 Å². The van der Waals surface area contributed by atoms with E-state index in [0.29, 0.717) is 5.56 Å². The summed E-state index contributed by atoms with van der Waals surface area (Å²) in [6.45, 7) is 9.91. The number of nitrogens with zero attached hydrogens (tertiary/aromatic N) is 1. The second-order valence-electron chi connectivity index (χ2n) is 5.28. The first-order valence-corrected chi connectivity index (χ1v) is 6.35. The molecule has 0 bridgehead atoms. The predicted molar refractivity (Wildman–Crippen MR) is 70.6 cm³/mol. The van der Waals surface area contributed by atoms with Crippen LogP contribution >= 0.6 is 0 Å². The lowest BCUT2D eigenvalue weighted by Crippen LogP contribution is -2.35. The topological polar surface area (TPSA) is 78.0 Å². The van der Waals surface area contributed by atoms with Crippen molar-refractivity contribution >= 4 is 5.91 Å². The van der Waals surface area contributed by atoms with E-state index in [1.54, 1.807) is 0 Å². The van der Waals surface area contributed by atoms with Crippen LogP contribution in [0, 0.1) is 12.8 Å². The molecule has 0 aliphatic rings. The molecule has 0 saturated heterocycles. The highest BCUT2D eigenvalue weighted by Gasteiger charge is 2.20. The van der Waals surface area contributed by atoms with Crippen LogP contribution in [-0.2, 0) is 0 Å². The van der Waals surface area contributed by atoms with Gasteiger partial charge in [-0.25, -0.2) is 0 Å². The molecule has 0 saturated carbocycles. The molecule has 0 aromatic carbocycles. The maximum Gasteiger partial charge on any atom is 0.255 e. The van der Waals surface area contributed by atoms with Gasteiger partial charge in [0.15, 0.2) is 0 Å². The minimum atomic E-state index is -0.524. The fourth-order valence-corrected chi connectivity index (χ4v) is 1.67. The molecule has 5 heteroatoms. The summed E-state index contributed by atoms with van der Waals surface area (Å²) in [4.78, 5) is 12.1. The van der Waals surface area contributed by atoms with Gasteiger partial charge in [0.2, 0.25) is 0 Å². The molecule has 1 aromatic heterocycles. The number of aliphatic hydroxyl groups excluding tert-OH is 1. The minimum absolute atomic E-state index is 0.125. The Morgan fingerprint density at radius 1 is 1.39 bits per heavy atom. The second-order valence-corrected chi connectivity index (χ2v) is 5.28. The predicted octanol–water partition coefficient (Wildman–Crippen LogP) is 1.59. The van der Waals surface area contributed by atoms with Crippen molar-refractivity contribution in [3.05, 3.63) is 17.0 Å². The molecule has 0 spiro atoms. The first-order chi connectivity index (χ1) is 8.34. The van der Waals surface area contributed by atoms with Crippen LogP contribution in [-0.4, -0.2) is 33.9 Å². The van der Waals surface area contributed by atoms with Gasteiger partial charge >= 0.3 is 0 Å². The Morgan fingerprint density at radius 3 is 2.50 bits per heavy atom. The van der Waals surface area contributed by atoms with E-state index < -0.39 is 6.10 Å². The van der Waals surface area contributed by atoms with Crippen molar-refractivity contribution in [3.8, 4) is 0 Å². The molecule has 0 radical (unpaired) electrons. The van der Waals surface area contributed by atoms with Gasteiger partial charge in [0, 0.05) is 12.2 Å². The van der Waals surface area contributed by atoms with Gasteiger partial charge in [-0.15, -0.1) is 0 Å². The molecule has 1 aromatic rings. The third-order valence-corrected chi connectivity index (χ3v) is 2.99. The highest BCUT2D eigenvalue weighted by molar-refractivity contribution is 5.96. The molecular formula is C13H23N3O2. The van der Waals surface area contributed by atoms with E-state index in [1.165, 1.54) is 0 Å². The number of aromatic amines is 1. The van der Waals surface area contributed by atoms with Gasteiger partial charge in [-0.1, -0.05) is 27.7 Å². The van der Waals surface area contributed by atoms with E-state index >= 15 is 0 Å². The Morgan fingerprint density at radius 2 is 2.00 bits per heavy atom. The number of nitrogens with one attached hydrogen (secondary N) is 2. The summed E-state index contributed by atoms with van der Waals surface area (Å²) in [5.74, 6) is 0.135. The summed E-state index contributed by atoms with van der Waals surface area (Å²) in [5.41, 5.74) is 2.13. The normalized spacial score (nSPS) is 13.1. The smallest absolute Gasteiger partial charge is 0.255 e. The van der Waals surface area contributed by atoms with Crippen LogP contribution in [0.25, 0.3) is 0 Å². The number of amides is 1. The summed E-state index contributed by atoms with van der Waals surface area (Å²) in [6, 6.07) is 0. The summed E-state index contributed by atoms with van der Waals surface area (Å²) >= 11 is 0. The van der Waals surface area contributed by atoms with Crippen LogP contribution in [0.1, 0.15) is 55.4 Å². The maximum atomic E-state index is 12.1. The van der Waals surface area contributed by atoms with E-state index in [2.05, 4.69) is 15.5 Å². The lowest BCUT2D eigenvalue weighted by molar-refractivity contribution is 0.0870. The quantitative estimate of drug-likeness (QED) is 0.745. The molecule has 1 atom stereocenters. The molecular weight excluding hydrogens is 230 g/mol. The Hall–Kier alpha value is -1.36. The molecule has 18 heavy (non-hydrogen) atoms. The fourth-order valence-electron chi connectivity index (χ4n) is 1.67. The van der Waals surface area contributed by atoms with Crippen molar-refractivity contribution in [2.24, 2.45) is 5.92 Å². The summed E-state index contributed by atoms with van der Waals surface area (Å²) in [5, 5.41) is 19.4. The van der Waals surface area contributed by atoms with Gasteiger partial charge in [0.05, 0.1) is 17.4 Å². The average Bonchev–Trinajstić information content (AvgIpc) is 2.67. The molecule has 0 fully saturated rings. The van der Waals surface area contributed by atoms with Crippen LogP contribution in [0.3, 0.4) is 0 Å². The maximum absolute atomic E-state index is 12.1. The number of aliphatic hydroxyl groups is 1. The highest BCUT2D eigenvalue weighted by atomic mass is 16.3. The molecule has 5 nitrogen and oxygen atoms in total. The third kappa shape index (κ3) is 3.32. The van der Waals surface area contributed by atoms with Gasteiger partial charge in [0.25, 0.3) is 5.91 Å². The number of H-pyrrole nitrogens is 1. The van der Waals surface area contributed by atoms with E-state index in [4.69, 9.17) is 0 Å². The molecule has 0 aliphatic heterocycles. The van der Waals surface area contributed by atoms with E-state index in [9.17, 15) is 9.90 Å². The van der Waals surface area contributed by atoms with Gasteiger partial charge in [-0.2, -0.15) is 5.10 Å². The van der Waals surface area contributed by atoms with Crippen LogP contribution in [0.15, 0.2) is 0 Å². The van der Waals surface area contributed by atoms with Crippen molar-refractivity contribution in [3.63, 3.8) is 0 Å². The molecule has 1 rings (SSSR count). The first kappa shape index (κ1) is 14.7. The number of aromatic nitrogens is 2. The summed E-state index contributed by atoms with van der Waals surface area (Å²) in [6.07, 6.45) is -0.524. The molecule has 1 amide bonds. The number of hydrogen-bond donors (Lipinski definition) is 3. The number of rotatable bonds is 5. The van der Waals surface area contributed by atoms with Crippen LogP contribution in [0.5, 0.6) is 0 Å². The number of carbonyl (C=O) groups is 1. The lowest BCUT2D eigenvalue weighted by atomic mass is 10.0. The Balaban J connectivity index is 2.75. The zero-order chi connectivity index (χ0) is 13.9. The Bertz CT molecular complexity index is 410. The lowest BCUT2D eigenvalue weighted by Gasteiger charge is -2.15. The van der Waals surface area contributed by atoms with Gasteiger partial charge in [-0.3, -0.25) is 9.89 Å². The van der Waals surface area contributed by atoms with Gasteiger partial charge in [-0.05, 0) is 18.8 Å². The summed E-state index contributed by atoms with van der Waals surface area (Å²) in [7, 11) is 0. The largest absolute Gasteiger partial charge is 0.391 e. The van der Waals surface area contributed by atoms with E-state index in [1.807, 2.05) is 34.6 Å². The molecule has 3 N–H and O–H groups in total. The Labute approximate surface area is 108 Å². The third-order valence-electron chi connectivity index (χ3n) is 2.99. The fraction of sp³-hybridized carbons (Fsp3) is 0.692. The summed E-state index contributed by atoms with van der Waals surface area (Å²) < 4.78 is 0. The van der Waals surface area contributed by atoms with Crippen molar-refractivity contribution < 1.29 is 9.90 Å². The molecule has 1 heterocycles. The molecule has 102 valence electrons. The standard InChI is InChI=1S/C13H23N3O2/c1-7(2)10(17)6-14-13(18)11-9(5)15-16-12(11)8(3)4/h7-8,10,17H,6H2,1-5H3,(H,14,18)(H,15,16). The minimum Gasteiger partial charge on any atom is -0.391 e.